The number of carbonyl (C=O) groups excluding carboxylic acids is 2. The zero-order valence-electron chi connectivity index (χ0n) is 16.5. The minimum atomic E-state index is -1.18. The summed E-state index contributed by atoms with van der Waals surface area (Å²) in [6.45, 7) is 3.96. The number of anilines is 1. The Morgan fingerprint density at radius 2 is 1.64 bits per heavy atom. The number of benzene rings is 1. The summed E-state index contributed by atoms with van der Waals surface area (Å²) in [5.41, 5.74) is 4.56. The Balaban J connectivity index is 2.42. The maximum absolute atomic E-state index is 11.8. The molecule has 1 aromatic rings. The monoisotopic (exact) mass is 387 g/mol. The summed E-state index contributed by atoms with van der Waals surface area (Å²) in [5, 5.41) is 15.2. The van der Waals surface area contributed by atoms with Gasteiger partial charge in [0.15, 0.2) is 0 Å². The molecular formula is C21H29N3O4. The fraction of sp³-hybridized carbons (Fsp3) is 0.429. The van der Waals surface area contributed by atoms with Crippen molar-refractivity contribution in [1.82, 2.24) is 5.43 Å². The molecule has 1 rings (SSSR count). The molecule has 0 heterocycles. The van der Waals surface area contributed by atoms with E-state index in [1.807, 2.05) is 0 Å². The van der Waals surface area contributed by atoms with E-state index in [0.29, 0.717) is 17.8 Å². The molecule has 0 aromatic heterocycles. The van der Waals surface area contributed by atoms with Crippen molar-refractivity contribution >= 4 is 29.2 Å². The second kappa shape index (κ2) is 13.2. The van der Waals surface area contributed by atoms with Crippen LogP contribution in [0.3, 0.4) is 0 Å². The average Bonchev–Trinajstić information content (AvgIpc) is 2.67. The maximum atomic E-state index is 11.8. The number of hydrogen-bond acceptors (Lipinski definition) is 4. The molecule has 0 aliphatic rings. The van der Waals surface area contributed by atoms with Crippen molar-refractivity contribution in [1.29, 1.82) is 0 Å². The van der Waals surface area contributed by atoms with Crippen molar-refractivity contribution in [3.8, 4) is 0 Å². The van der Waals surface area contributed by atoms with Crippen LogP contribution < -0.4 is 10.7 Å². The van der Waals surface area contributed by atoms with Crippen LogP contribution in [-0.4, -0.2) is 28.6 Å². The zero-order valence-corrected chi connectivity index (χ0v) is 16.5. The van der Waals surface area contributed by atoms with Crippen LogP contribution in [0.5, 0.6) is 0 Å². The lowest BCUT2D eigenvalue weighted by Gasteiger charge is -2.06. The normalized spacial score (nSPS) is 11.4. The molecule has 0 bridgehead atoms. The Kier molecular flexibility index (Phi) is 10.9. The Morgan fingerprint density at radius 3 is 2.29 bits per heavy atom. The topological polar surface area (TPSA) is 108 Å². The van der Waals surface area contributed by atoms with E-state index in [-0.39, 0.29) is 5.91 Å². The molecular weight excluding hydrogens is 358 g/mol. The minimum Gasteiger partial charge on any atom is -0.478 e. The Labute approximate surface area is 165 Å². The van der Waals surface area contributed by atoms with E-state index in [1.165, 1.54) is 25.7 Å². The first kappa shape index (κ1) is 23.1. The summed E-state index contributed by atoms with van der Waals surface area (Å²) >= 11 is 0. The minimum absolute atomic E-state index is 0.0936. The number of carboxylic acids is 1. The molecule has 0 saturated carbocycles. The van der Waals surface area contributed by atoms with Crippen molar-refractivity contribution in [2.75, 3.05) is 5.32 Å². The lowest BCUT2D eigenvalue weighted by molar-refractivity contribution is -0.131. The highest BCUT2D eigenvalue weighted by Gasteiger charge is 2.03. The molecule has 2 amide bonds. The Morgan fingerprint density at radius 1 is 1.00 bits per heavy atom. The van der Waals surface area contributed by atoms with Gasteiger partial charge in [0.1, 0.15) is 0 Å². The van der Waals surface area contributed by atoms with Gasteiger partial charge in [-0.1, -0.05) is 51.2 Å². The highest BCUT2D eigenvalue weighted by molar-refractivity contribution is 6.03. The van der Waals surface area contributed by atoms with Crippen molar-refractivity contribution in [2.45, 2.75) is 58.8 Å². The van der Waals surface area contributed by atoms with E-state index in [0.717, 1.165) is 30.6 Å². The van der Waals surface area contributed by atoms with Crippen molar-refractivity contribution in [3.63, 3.8) is 0 Å². The summed E-state index contributed by atoms with van der Waals surface area (Å²) in [6, 6.07) is 6.88. The summed E-state index contributed by atoms with van der Waals surface area (Å²) < 4.78 is 0. The number of rotatable bonds is 12. The molecule has 0 spiro atoms. The molecule has 0 aliphatic carbocycles. The van der Waals surface area contributed by atoms with E-state index >= 15 is 0 Å². The first-order chi connectivity index (χ1) is 13.4. The number of carbonyl (C=O) groups is 3. The molecule has 3 N–H and O–H groups in total. The first-order valence-corrected chi connectivity index (χ1v) is 9.58. The van der Waals surface area contributed by atoms with Crippen LogP contribution in [0.4, 0.5) is 5.69 Å². The Bertz CT molecular complexity index is 709. The van der Waals surface area contributed by atoms with E-state index in [2.05, 4.69) is 22.8 Å². The largest absolute Gasteiger partial charge is 0.478 e. The molecule has 28 heavy (non-hydrogen) atoms. The summed E-state index contributed by atoms with van der Waals surface area (Å²) in [4.78, 5) is 33.8. The number of hydrazone groups is 1. The van der Waals surface area contributed by atoms with E-state index < -0.39 is 11.9 Å². The van der Waals surface area contributed by atoms with Crippen molar-refractivity contribution < 1.29 is 19.5 Å². The van der Waals surface area contributed by atoms with E-state index in [4.69, 9.17) is 5.11 Å². The SMILES string of the molecule is CCCCCCCCC(=O)N/N=C(\C)c1ccc(NC(=O)/C=C/C(=O)O)cc1. The average molecular weight is 387 g/mol. The van der Waals surface area contributed by atoms with Crippen LogP contribution in [0.2, 0.25) is 0 Å². The van der Waals surface area contributed by atoms with Crippen LogP contribution >= 0.6 is 0 Å². The molecule has 0 saturated heterocycles. The van der Waals surface area contributed by atoms with Gasteiger partial charge in [0, 0.05) is 24.3 Å². The third kappa shape index (κ3) is 10.3. The molecule has 0 fully saturated rings. The number of hydrogen-bond donors (Lipinski definition) is 3. The highest BCUT2D eigenvalue weighted by atomic mass is 16.4. The highest BCUT2D eigenvalue weighted by Crippen LogP contribution is 2.11. The quantitative estimate of drug-likeness (QED) is 0.219. The molecule has 7 heteroatoms. The molecule has 7 nitrogen and oxygen atoms in total. The van der Waals surface area contributed by atoms with Gasteiger partial charge in [0.25, 0.3) is 0 Å². The lowest BCUT2D eigenvalue weighted by atomic mass is 10.1. The summed E-state index contributed by atoms with van der Waals surface area (Å²) in [6.07, 6.45) is 8.97. The van der Waals surface area contributed by atoms with Gasteiger partial charge in [-0.25, -0.2) is 10.2 Å². The molecule has 152 valence electrons. The van der Waals surface area contributed by atoms with Crippen LogP contribution in [0.1, 0.15) is 64.4 Å². The van der Waals surface area contributed by atoms with Crippen LogP contribution in [0.25, 0.3) is 0 Å². The molecule has 0 radical (unpaired) electrons. The van der Waals surface area contributed by atoms with E-state index in [1.54, 1.807) is 31.2 Å². The van der Waals surface area contributed by atoms with Crippen LogP contribution in [0, 0.1) is 0 Å². The third-order valence-corrected chi connectivity index (χ3v) is 4.05. The van der Waals surface area contributed by atoms with Gasteiger partial charge in [-0.15, -0.1) is 0 Å². The van der Waals surface area contributed by atoms with Crippen molar-refractivity contribution in [2.24, 2.45) is 5.10 Å². The van der Waals surface area contributed by atoms with Crippen LogP contribution in [-0.2, 0) is 14.4 Å². The molecule has 0 aliphatic heterocycles. The van der Waals surface area contributed by atoms with Gasteiger partial charge in [-0.2, -0.15) is 5.10 Å². The third-order valence-electron chi connectivity index (χ3n) is 4.05. The number of amides is 2. The van der Waals surface area contributed by atoms with Crippen molar-refractivity contribution in [3.05, 3.63) is 42.0 Å². The molecule has 1 aromatic carbocycles. The zero-order chi connectivity index (χ0) is 20.8. The lowest BCUT2D eigenvalue weighted by Crippen LogP contribution is -2.18. The fourth-order valence-electron chi connectivity index (χ4n) is 2.46. The van der Waals surface area contributed by atoms with Crippen LogP contribution in [0.15, 0.2) is 41.5 Å². The second-order valence-electron chi connectivity index (χ2n) is 6.49. The number of nitrogens with one attached hydrogen (secondary N) is 2. The summed E-state index contributed by atoms with van der Waals surface area (Å²) in [5.74, 6) is -1.80. The maximum Gasteiger partial charge on any atom is 0.328 e. The Hall–Kier alpha value is -2.96. The predicted octanol–water partition coefficient (Wildman–Crippen LogP) is 3.86. The number of aliphatic carboxylic acids is 1. The van der Waals surface area contributed by atoms with Gasteiger partial charge in [0.05, 0.1) is 5.71 Å². The first-order valence-electron chi connectivity index (χ1n) is 9.58. The van der Waals surface area contributed by atoms with Gasteiger partial charge in [-0.3, -0.25) is 9.59 Å². The van der Waals surface area contributed by atoms with E-state index in [9.17, 15) is 14.4 Å². The summed E-state index contributed by atoms with van der Waals surface area (Å²) in [7, 11) is 0. The molecule has 0 atom stereocenters. The van der Waals surface area contributed by atoms with Gasteiger partial charge in [0.2, 0.25) is 11.8 Å². The number of unbranched alkanes of at least 4 members (excludes halogenated alkanes) is 5. The fourth-order valence-corrected chi connectivity index (χ4v) is 2.46. The van der Waals surface area contributed by atoms with Gasteiger partial charge >= 0.3 is 5.97 Å². The second-order valence-corrected chi connectivity index (χ2v) is 6.49. The van der Waals surface area contributed by atoms with Gasteiger partial charge < -0.3 is 10.4 Å². The number of nitrogens with zero attached hydrogens (tertiary/aromatic N) is 1. The standard InChI is InChI=1S/C21H29N3O4/c1-3-4-5-6-7-8-9-20(26)24-23-16(2)17-10-12-18(13-11-17)22-19(25)14-15-21(27)28/h10-15H,3-9H2,1-2H3,(H,22,25)(H,24,26)(H,27,28)/b15-14+,23-16+. The molecule has 0 unspecified atom stereocenters. The predicted molar refractivity (Wildman–Crippen MR) is 110 cm³/mol. The van der Waals surface area contributed by atoms with Gasteiger partial charge in [-0.05, 0) is 31.0 Å². The number of carboxylic acid groups (broad SMARTS) is 1. The smallest absolute Gasteiger partial charge is 0.328 e.